The van der Waals surface area contributed by atoms with Crippen LogP contribution in [0.5, 0.6) is 5.75 Å². The van der Waals surface area contributed by atoms with Gasteiger partial charge in [0.2, 0.25) is 0 Å². The summed E-state index contributed by atoms with van der Waals surface area (Å²) in [6.45, 7) is 4.04. The number of benzene rings is 1. The highest BCUT2D eigenvalue weighted by molar-refractivity contribution is 5.60. The van der Waals surface area contributed by atoms with E-state index in [1.54, 1.807) is 25.2 Å². The van der Waals surface area contributed by atoms with Gasteiger partial charge in [-0.15, -0.1) is 0 Å². The van der Waals surface area contributed by atoms with Crippen LogP contribution >= 0.6 is 0 Å². The van der Waals surface area contributed by atoms with Crippen molar-refractivity contribution in [2.45, 2.75) is 19.8 Å². The number of hydrogen-bond acceptors (Lipinski definition) is 5. The second-order valence-corrected chi connectivity index (χ2v) is 4.88. The molecule has 0 saturated carbocycles. The van der Waals surface area contributed by atoms with Crippen LogP contribution in [0.25, 0.3) is 0 Å². The van der Waals surface area contributed by atoms with Gasteiger partial charge >= 0.3 is 0 Å². The largest absolute Gasteiger partial charge is 0.494 e. The van der Waals surface area contributed by atoms with Gasteiger partial charge in [0.25, 0.3) is 0 Å². The summed E-state index contributed by atoms with van der Waals surface area (Å²) < 4.78 is 18.6. The molecule has 2 rings (SSSR count). The van der Waals surface area contributed by atoms with Gasteiger partial charge in [-0.1, -0.05) is 13.8 Å². The molecule has 2 N–H and O–H groups in total. The maximum Gasteiger partial charge on any atom is 0.167 e. The topological polar surface area (TPSA) is 59.1 Å². The Morgan fingerprint density at radius 3 is 2.43 bits per heavy atom. The van der Waals surface area contributed by atoms with Crippen LogP contribution in [0, 0.1) is 5.82 Å². The van der Waals surface area contributed by atoms with Crippen molar-refractivity contribution in [3.63, 3.8) is 0 Å². The summed E-state index contributed by atoms with van der Waals surface area (Å²) in [5.41, 5.74) is 0.601. The molecule has 0 spiro atoms. The highest BCUT2D eigenvalue weighted by atomic mass is 19.1. The van der Waals surface area contributed by atoms with Crippen molar-refractivity contribution in [3.05, 3.63) is 35.9 Å². The summed E-state index contributed by atoms with van der Waals surface area (Å²) in [4.78, 5) is 8.81. The normalized spacial score (nSPS) is 10.6. The van der Waals surface area contributed by atoms with E-state index in [2.05, 4.69) is 20.6 Å². The molecule has 0 fully saturated rings. The number of rotatable bonds is 5. The summed E-state index contributed by atoms with van der Waals surface area (Å²) >= 11 is 0. The van der Waals surface area contributed by atoms with Gasteiger partial charge in [-0.3, -0.25) is 0 Å². The Bertz CT molecular complexity index is 631. The number of ether oxygens (including phenoxy) is 1. The molecular formula is C15H19FN4O. The first kappa shape index (κ1) is 15.0. The second kappa shape index (κ2) is 6.39. The number of hydrogen-bond donors (Lipinski definition) is 2. The van der Waals surface area contributed by atoms with Gasteiger partial charge in [0.05, 0.1) is 7.11 Å². The quantitative estimate of drug-likeness (QED) is 0.882. The van der Waals surface area contributed by atoms with Crippen molar-refractivity contribution in [1.82, 2.24) is 9.97 Å². The highest BCUT2D eigenvalue weighted by Gasteiger charge is 2.09. The van der Waals surface area contributed by atoms with Gasteiger partial charge < -0.3 is 15.4 Å². The van der Waals surface area contributed by atoms with E-state index in [0.717, 1.165) is 5.82 Å². The van der Waals surface area contributed by atoms with E-state index in [-0.39, 0.29) is 11.7 Å². The smallest absolute Gasteiger partial charge is 0.167 e. The number of anilines is 3. The van der Waals surface area contributed by atoms with E-state index >= 15 is 0 Å². The average molecular weight is 290 g/mol. The lowest BCUT2D eigenvalue weighted by Crippen LogP contribution is -2.05. The van der Waals surface area contributed by atoms with Crippen molar-refractivity contribution in [2.75, 3.05) is 24.8 Å². The minimum absolute atomic E-state index is 0.200. The van der Waals surface area contributed by atoms with Gasteiger partial charge in [0.15, 0.2) is 11.6 Å². The Hall–Kier alpha value is -2.37. The van der Waals surface area contributed by atoms with Crippen molar-refractivity contribution >= 4 is 17.3 Å². The summed E-state index contributed by atoms with van der Waals surface area (Å²) in [5, 5.41) is 6.07. The second-order valence-electron chi connectivity index (χ2n) is 4.88. The third kappa shape index (κ3) is 3.59. The molecule has 1 heterocycles. The Morgan fingerprint density at radius 2 is 1.86 bits per heavy atom. The zero-order valence-corrected chi connectivity index (χ0v) is 12.6. The minimum Gasteiger partial charge on any atom is -0.494 e. The number of halogens is 1. The summed E-state index contributed by atoms with van der Waals surface area (Å²) in [5.74, 6) is 2.04. The van der Waals surface area contributed by atoms with Crippen molar-refractivity contribution in [1.29, 1.82) is 0 Å². The fourth-order valence-corrected chi connectivity index (χ4v) is 1.81. The van der Waals surface area contributed by atoms with Crippen LogP contribution in [0.2, 0.25) is 0 Å². The van der Waals surface area contributed by atoms with Gasteiger partial charge in [0, 0.05) is 30.8 Å². The van der Waals surface area contributed by atoms with E-state index < -0.39 is 5.82 Å². The molecule has 0 aliphatic carbocycles. The molecule has 0 radical (unpaired) electrons. The van der Waals surface area contributed by atoms with Crippen LogP contribution in [0.4, 0.5) is 21.7 Å². The molecule has 21 heavy (non-hydrogen) atoms. The fourth-order valence-electron chi connectivity index (χ4n) is 1.81. The number of nitrogens with zero attached hydrogens (tertiary/aromatic N) is 2. The maximum atomic E-state index is 13.7. The molecule has 112 valence electrons. The SMILES string of the molecule is CNc1cc(Nc2ccc(OC)c(F)c2)nc(C(C)C)n1. The van der Waals surface area contributed by atoms with E-state index in [1.807, 2.05) is 13.8 Å². The van der Waals surface area contributed by atoms with Crippen molar-refractivity contribution in [2.24, 2.45) is 0 Å². The summed E-state index contributed by atoms with van der Waals surface area (Å²) in [6, 6.07) is 6.45. The molecular weight excluding hydrogens is 271 g/mol. The van der Waals surface area contributed by atoms with E-state index in [1.165, 1.54) is 13.2 Å². The molecule has 1 aromatic heterocycles. The van der Waals surface area contributed by atoms with Crippen molar-refractivity contribution < 1.29 is 9.13 Å². The van der Waals surface area contributed by atoms with E-state index in [9.17, 15) is 4.39 Å². The van der Waals surface area contributed by atoms with Crippen LogP contribution in [-0.2, 0) is 0 Å². The lowest BCUT2D eigenvalue weighted by molar-refractivity contribution is 0.386. The number of nitrogens with one attached hydrogen (secondary N) is 2. The third-order valence-electron chi connectivity index (χ3n) is 2.94. The molecule has 0 aliphatic rings. The highest BCUT2D eigenvalue weighted by Crippen LogP contribution is 2.24. The molecule has 0 aliphatic heterocycles. The predicted molar refractivity (Wildman–Crippen MR) is 81.9 cm³/mol. The molecule has 2 aromatic rings. The zero-order chi connectivity index (χ0) is 15.4. The number of aromatic nitrogens is 2. The third-order valence-corrected chi connectivity index (χ3v) is 2.94. The Morgan fingerprint density at radius 1 is 1.14 bits per heavy atom. The van der Waals surface area contributed by atoms with Crippen LogP contribution < -0.4 is 15.4 Å². The van der Waals surface area contributed by atoms with Crippen molar-refractivity contribution in [3.8, 4) is 5.75 Å². The lowest BCUT2D eigenvalue weighted by atomic mass is 10.2. The molecule has 5 nitrogen and oxygen atoms in total. The molecule has 0 atom stereocenters. The Balaban J connectivity index is 2.30. The van der Waals surface area contributed by atoms with E-state index in [4.69, 9.17) is 4.74 Å². The molecule has 0 saturated heterocycles. The zero-order valence-electron chi connectivity index (χ0n) is 12.6. The van der Waals surface area contributed by atoms with Gasteiger partial charge in [-0.25, -0.2) is 14.4 Å². The Kier molecular flexibility index (Phi) is 4.57. The Labute approximate surface area is 123 Å². The molecule has 0 unspecified atom stereocenters. The van der Waals surface area contributed by atoms with Crippen LogP contribution in [-0.4, -0.2) is 24.1 Å². The molecule has 0 amide bonds. The van der Waals surface area contributed by atoms with Gasteiger partial charge in [-0.05, 0) is 12.1 Å². The predicted octanol–water partition coefficient (Wildman–Crippen LogP) is 3.53. The molecule has 6 heteroatoms. The molecule has 1 aromatic carbocycles. The molecule has 0 bridgehead atoms. The van der Waals surface area contributed by atoms with Gasteiger partial charge in [0.1, 0.15) is 17.5 Å². The van der Waals surface area contributed by atoms with Crippen LogP contribution in [0.3, 0.4) is 0 Å². The first-order valence-electron chi connectivity index (χ1n) is 6.70. The minimum atomic E-state index is -0.422. The fraction of sp³-hybridized carbons (Fsp3) is 0.333. The van der Waals surface area contributed by atoms with E-state index in [0.29, 0.717) is 17.3 Å². The standard InChI is InChI=1S/C15H19FN4O/c1-9(2)15-19-13(17-3)8-14(20-15)18-10-5-6-12(21-4)11(16)7-10/h5-9H,1-4H3,(H2,17,18,19,20). The first-order valence-corrected chi connectivity index (χ1v) is 6.70. The average Bonchev–Trinajstić information content (AvgIpc) is 2.47. The lowest BCUT2D eigenvalue weighted by Gasteiger charge is -2.12. The maximum absolute atomic E-state index is 13.7. The van der Waals surface area contributed by atoms with Crippen LogP contribution in [0.15, 0.2) is 24.3 Å². The first-order chi connectivity index (χ1) is 10.0. The number of methoxy groups -OCH3 is 1. The van der Waals surface area contributed by atoms with Gasteiger partial charge in [-0.2, -0.15) is 0 Å². The summed E-state index contributed by atoms with van der Waals surface area (Å²) in [6.07, 6.45) is 0. The summed E-state index contributed by atoms with van der Waals surface area (Å²) in [7, 11) is 3.23. The monoisotopic (exact) mass is 290 g/mol. The van der Waals surface area contributed by atoms with Crippen LogP contribution in [0.1, 0.15) is 25.6 Å².